The highest BCUT2D eigenvalue weighted by Gasteiger charge is 2.18. The highest BCUT2D eigenvalue weighted by molar-refractivity contribution is 9.10. The van der Waals surface area contributed by atoms with Gasteiger partial charge in [0.05, 0.1) is 4.92 Å². The van der Waals surface area contributed by atoms with Crippen molar-refractivity contribution in [2.45, 2.75) is 6.92 Å². The molecule has 0 aliphatic carbocycles. The molecule has 0 saturated heterocycles. The van der Waals surface area contributed by atoms with E-state index in [1.165, 1.54) is 12.1 Å². The molecule has 1 heterocycles. The lowest BCUT2D eigenvalue weighted by molar-refractivity contribution is -0.386. The zero-order valence-corrected chi connectivity index (χ0v) is 12.1. The Kier molecular flexibility index (Phi) is 4.01. The van der Waals surface area contributed by atoms with Crippen LogP contribution in [-0.4, -0.2) is 9.91 Å². The van der Waals surface area contributed by atoms with Gasteiger partial charge in [-0.1, -0.05) is 27.5 Å². The third kappa shape index (κ3) is 3.21. The predicted molar refractivity (Wildman–Crippen MR) is 74.9 cm³/mol. The standard InChI is InChI=1S/C12H8BrClN2O3/c1-7-6-8(13)2-4-10(7)19-12-9(16(17)18)3-5-11(14)15-12/h2-6H,1H3. The molecule has 7 heteroatoms. The fraction of sp³-hybridized carbons (Fsp3) is 0.0833. The van der Waals surface area contributed by atoms with E-state index in [-0.39, 0.29) is 16.7 Å². The summed E-state index contributed by atoms with van der Waals surface area (Å²) in [6, 6.07) is 7.93. The van der Waals surface area contributed by atoms with Crippen LogP contribution in [0.1, 0.15) is 5.56 Å². The van der Waals surface area contributed by atoms with Gasteiger partial charge in [-0.15, -0.1) is 0 Å². The van der Waals surface area contributed by atoms with E-state index in [2.05, 4.69) is 20.9 Å². The maximum Gasteiger partial charge on any atom is 0.331 e. The summed E-state index contributed by atoms with van der Waals surface area (Å²) in [5.74, 6) is 0.365. The van der Waals surface area contributed by atoms with Crippen molar-refractivity contribution in [1.29, 1.82) is 0 Å². The van der Waals surface area contributed by atoms with Crippen LogP contribution in [0.4, 0.5) is 5.69 Å². The molecule has 0 fully saturated rings. The normalized spacial score (nSPS) is 10.3. The molecule has 1 aromatic carbocycles. The lowest BCUT2D eigenvalue weighted by atomic mass is 10.2. The zero-order valence-electron chi connectivity index (χ0n) is 9.76. The van der Waals surface area contributed by atoms with E-state index in [1.54, 1.807) is 12.1 Å². The maximum absolute atomic E-state index is 10.9. The Labute approximate surface area is 122 Å². The lowest BCUT2D eigenvalue weighted by Gasteiger charge is -2.08. The Balaban J connectivity index is 2.42. The van der Waals surface area contributed by atoms with Crippen molar-refractivity contribution in [3.05, 3.63) is 55.6 Å². The van der Waals surface area contributed by atoms with Crippen LogP contribution in [0.3, 0.4) is 0 Å². The summed E-state index contributed by atoms with van der Waals surface area (Å²) in [6.45, 7) is 1.83. The number of aryl methyl sites for hydroxylation is 1. The van der Waals surface area contributed by atoms with Crippen molar-refractivity contribution in [2.24, 2.45) is 0 Å². The van der Waals surface area contributed by atoms with Crippen LogP contribution in [-0.2, 0) is 0 Å². The Morgan fingerprint density at radius 1 is 1.37 bits per heavy atom. The second-order valence-electron chi connectivity index (χ2n) is 3.73. The highest BCUT2D eigenvalue weighted by atomic mass is 79.9. The molecule has 0 amide bonds. The number of ether oxygens (including phenoxy) is 1. The van der Waals surface area contributed by atoms with Crippen LogP contribution in [0.25, 0.3) is 0 Å². The average molecular weight is 344 g/mol. The van der Waals surface area contributed by atoms with E-state index in [9.17, 15) is 10.1 Å². The quantitative estimate of drug-likeness (QED) is 0.467. The molecule has 0 aliphatic rings. The summed E-state index contributed by atoms with van der Waals surface area (Å²) in [7, 11) is 0. The van der Waals surface area contributed by atoms with Gasteiger partial charge >= 0.3 is 11.6 Å². The Bertz CT molecular complexity index is 649. The SMILES string of the molecule is Cc1cc(Br)ccc1Oc1nc(Cl)ccc1[N+](=O)[O-]. The fourth-order valence-electron chi connectivity index (χ4n) is 1.46. The Hall–Kier alpha value is -1.66. The minimum absolute atomic E-state index is 0.122. The van der Waals surface area contributed by atoms with Crippen molar-refractivity contribution in [2.75, 3.05) is 0 Å². The maximum atomic E-state index is 10.9. The molecule has 2 aromatic rings. The molecule has 0 aliphatic heterocycles. The molecule has 0 radical (unpaired) electrons. The van der Waals surface area contributed by atoms with Crippen molar-refractivity contribution in [1.82, 2.24) is 4.98 Å². The third-order valence-corrected chi connectivity index (χ3v) is 3.05. The van der Waals surface area contributed by atoms with Crippen molar-refractivity contribution >= 4 is 33.2 Å². The number of hydrogen-bond acceptors (Lipinski definition) is 4. The van der Waals surface area contributed by atoms with Gasteiger partial charge in [0.25, 0.3) is 0 Å². The van der Waals surface area contributed by atoms with Gasteiger partial charge in [0.15, 0.2) is 0 Å². The van der Waals surface area contributed by atoms with Gasteiger partial charge in [0.1, 0.15) is 10.9 Å². The van der Waals surface area contributed by atoms with Crippen LogP contribution >= 0.6 is 27.5 Å². The smallest absolute Gasteiger partial charge is 0.331 e. The molecule has 0 unspecified atom stereocenters. The molecule has 2 rings (SSSR count). The minimum Gasteiger partial charge on any atom is -0.433 e. The molecule has 0 atom stereocenters. The van der Waals surface area contributed by atoms with Crippen LogP contribution in [0.15, 0.2) is 34.8 Å². The number of aromatic nitrogens is 1. The molecule has 0 N–H and O–H groups in total. The number of hydrogen-bond donors (Lipinski definition) is 0. The summed E-state index contributed by atoms with van der Waals surface area (Å²) in [5, 5.41) is 11.0. The second-order valence-corrected chi connectivity index (χ2v) is 5.03. The fourth-order valence-corrected chi connectivity index (χ4v) is 2.07. The third-order valence-electron chi connectivity index (χ3n) is 2.35. The summed E-state index contributed by atoms with van der Waals surface area (Å²) < 4.78 is 6.37. The number of halogens is 2. The first-order chi connectivity index (χ1) is 8.97. The summed E-state index contributed by atoms with van der Waals surface area (Å²) in [5.41, 5.74) is 0.595. The van der Waals surface area contributed by atoms with Crippen LogP contribution in [0.5, 0.6) is 11.6 Å². The highest BCUT2D eigenvalue weighted by Crippen LogP contribution is 2.32. The van der Waals surface area contributed by atoms with Crippen LogP contribution in [0, 0.1) is 17.0 Å². The number of rotatable bonds is 3. The zero-order chi connectivity index (χ0) is 14.0. The van der Waals surface area contributed by atoms with E-state index < -0.39 is 4.92 Å². The van der Waals surface area contributed by atoms with E-state index in [1.807, 2.05) is 13.0 Å². The Morgan fingerprint density at radius 3 is 2.74 bits per heavy atom. The van der Waals surface area contributed by atoms with Gasteiger partial charge < -0.3 is 4.74 Å². The summed E-state index contributed by atoms with van der Waals surface area (Å²) in [6.07, 6.45) is 0. The lowest BCUT2D eigenvalue weighted by Crippen LogP contribution is -1.97. The second kappa shape index (κ2) is 5.54. The van der Waals surface area contributed by atoms with E-state index in [0.717, 1.165) is 10.0 Å². The van der Waals surface area contributed by atoms with Crippen molar-refractivity contribution in [3.63, 3.8) is 0 Å². The number of nitrogens with zero attached hydrogens (tertiary/aromatic N) is 2. The molecule has 98 valence electrons. The van der Waals surface area contributed by atoms with Gasteiger partial charge in [-0.3, -0.25) is 10.1 Å². The largest absolute Gasteiger partial charge is 0.433 e. The first kappa shape index (κ1) is 13.8. The van der Waals surface area contributed by atoms with Gasteiger partial charge in [0.2, 0.25) is 0 Å². The van der Waals surface area contributed by atoms with E-state index in [0.29, 0.717) is 5.75 Å². The van der Waals surface area contributed by atoms with E-state index >= 15 is 0 Å². The molecular formula is C12H8BrClN2O3. The van der Waals surface area contributed by atoms with Crippen molar-refractivity contribution in [3.8, 4) is 11.6 Å². The van der Waals surface area contributed by atoms with E-state index in [4.69, 9.17) is 16.3 Å². The number of benzene rings is 1. The monoisotopic (exact) mass is 342 g/mol. The Morgan fingerprint density at radius 2 is 2.11 bits per heavy atom. The van der Waals surface area contributed by atoms with Gasteiger partial charge in [0, 0.05) is 10.5 Å². The number of nitro groups is 1. The minimum atomic E-state index is -0.563. The molecule has 0 bridgehead atoms. The molecule has 5 nitrogen and oxygen atoms in total. The van der Waals surface area contributed by atoms with Crippen LogP contribution in [0.2, 0.25) is 5.15 Å². The van der Waals surface area contributed by atoms with Gasteiger partial charge in [-0.25, -0.2) is 0 Å². The number of pyridine rings is 1. The van der Waals surface area contributed by atoms with Gasteiger partial charge in [-0.2, -0.15) is 4.98 Å². The summed E-state index contributed by atoms with van der Waals surface area (Å²) >= 11 is 9.06. The van der Waals surface area contributed by atoms with Crippen LogP contribution < -0.4 is 4.74 Å². The topological polar surface area (TPSA) is 65.3 Å². The first-order valence-corrected chi connectivity index (χ1v) is 6.39. The summed E-state index contributed by atoms with van der Waals surface area (Å²) in [4.78, 5) is 14.2. The first-order valence-electron chi connectivity index (χ1n) is 5.22. The predicted octanol–water partition coefficient (Wildman–Crippen LogP) is 4.51. The van der Waals surface area contributed by atoms with Gasteiger partial charge in [-0.05, 0) is 36.8 Å². The molecular weight excluding hydrogens is 336 g/mol. The molecule has 0 saturated carbocycles. The molecule has 19 heavy (non-hydrogen) atoms. The average Bonchev–Trinajstić information content (AvgIpc) is 2.32. The van der Waals surface area contributed by atoms with Crippen molar-refractivity contribution < 1.29 is 9.66 Å². The molecule has 1 aromatic heterocycles. The molecule has 0 spiro atoms.